The molecule has 100 valence electrons. The average molecular weight is 323 g/mol. The molecule has 2 aromatic rings. The fourth-order valence-corrected chi connectivity index (χ4v) is 2.22. The van der Waals surface area contributed by atoms with Crippen LogP contribution in [0.2, 0.25) is 0 Å². The molecule has 0 bridgehead atoms. The van der Waals surface area contributed by atoms with Gasteiger partial charge in [-0.1, -0.05) is 40.2 Å². The molecule has 0 aromatic heterocycles. The van der Waals surface area contributed by atoms with E-state index in [0.717, 1.165) is 15.6 Å². The average Bonchev–Trinajstić information content (AvgIpc) is 2.43. The van der Waals surface area contributed by atoms with E-state index in [1.165, 1.54) is 6.07 Å². The van der Waals surface area contributed by atoms with Crippen LogP contribution in [0.1, 0.15) is 16.7 Å². The first-order chi connectivity index (χ1) is 9.19. The van der Waals surface area contributed by atoms with Gasteiger partial charge in [0.15, 0.2) is 0 Å². The van der Waals surface area contributed by atoms with Crippen LogP contribution in [0.15, 0.2) is 46.9 Å². The van der Waals surface area contributed by atoms with Crippen molar-refractivity contribution in [2.24, 2.45) is 5.73 Å². The molecular formula is C15H16BrFN2. The second-order valence-corrected chi connectivity index (χ2v) is 5.28. The molecule has 2 aromatic carbocycles. The van der Waals surface area contributed by atoms with Gasteiger partial charge in [0.25, 0.3) is 0 Å². The maximum atomic E-state index is 13.5. The van der Waals surface area contributed by atoms with Crippen molar-refractivity contribution in [1.82, 2.24) is 5.32 Å². The predicted molar refractivity (Wildman–Crippen MR) is 79.0 cm³/mol. The van der Waals surface area contributed by atoms with Crippen LogP contribution in [-0.2, 0) is 19.6 Å². The van der Waals surface area contributed by atoms with Gasteiger partial charge in [-0.2, -0.15) is 0 Å². The Hall–Kier alpha value is -1.23. The van der Waals surface area contributed by atoms with Gasteiger partial charge >= 0.3 is 0 Å². The highest BCUT2D eigenvalue weighted by Crippen LogP contribution is 2.15. The van der Waals surface area contributed by atoms with Crippen molar-refractivity contribution in [3.63, 3.8) is 0 Å². The summed E-state index contributed by atoms with van der Waals surface area (Å²) >= 11 is 3.34. The first-order valence-corrected chi connectivity index (χ1v) is 6.91. The molecule has 0 saturated heterocycles. The molecule has 0 fully saturated rings. The number of nitrogens with two attached hydrogens (primary N) is 1. The highest BCUT2D eigenvalue weighted by atomic mass is 79.9. The number of rotatable bonds is 5. The second kappa shape index (κ2) is 6.80. The lowest BCUT2D eigenvalue weighted by Crippen LogP contribution is -2.13. The van der Waals surface area contributed by atoms with Gasteiger partial charge in [0.1, 0.15) is 5.82 Å². The molecule has 0 unspecified atom stereocenters. The minimum atomic E-state index is -0.186. The normalized spacial score (nSPS) is 10.7. The van der Waals surface area contributed by atoms with Crippen LogP contribution in [-0.4, -0.2) is 0 Å². The number of hydrogen-bond donors (Lipinski definition) is 2. The molecule has 0 heterocycles. The highest BCUT2D eigenvalue weighted by Gasteiger charge is 2.02. The molecular weight excluding hydrogens is 307 g/mol. The third kappa shape index (κ3) is 4.13. The zero-order valence-electron chi connectivity index (χ0n) is 10.5. The summed E-state index contributed by atoms with van der Waals surface area (Å²) in [6, 6.07) is 13.0. The standard InChI is InChI=1S/C15H16BrFN2/c16-14-5-6-15(17)13(7-14)10-19-9-12-3-1-11(8-18)2-4-12/h1-7,19H,8-10,18H2. The lowest BCUT2D eigenvalue weighted by molar-refractivity contribution is 0.587. The fraction of sp³-hybridized carbons (Fsp3) is 0.200. The van der Waals surface area contributed by atoms with Gasteiger partial charge < -0.3 is 11.1 Å². The first kappa shape index (κ1) is 14.2. The van der Waals surface area contributed by atoms with E-state index in [2.05, 4.69) is 21.2 Å². The molecule has 2 rings (SSSR count). The smallest absolute Gasteiger partial charge is 0.127 e. The lowest BCUT2D eigenvalue weighted by Gasteiger charge is -2.07. The van der Waals surface area contributed by atoms with Gasteiger partial charge in [-0.3, -0.25) is 0 Å². The SMILES string of the molecule is NCc1ccc(CNCc2cc(Br)ccc2F)cc1. The van der Waals surface area contributed by atoms with E-state index in [0.29, 0.717) is 25.2 Å². The summed E-state index contributed by atoms with van der Waals surface area (Å²) in [5.74, 6) is -0.186. The second-order valence-electron chi connectivity index (χ2n) is 4.36. The summed E-state index contributed by atoms with van der Waals surface area (Å²) in [5.41, 5.74) is 8.48. The molecule has 0 radical (unpaired) electrons. The van der Waals surface area contributed by atoms with E-state index in [1.54, 1.807) is 12.1 Å². The van der Waals surface area contributed by atoms with Gasteiger partial charge in [-0.15, -0.1) is 0 Å². The molecule has 0 aliphatic heterocycles. The molecule has 19 heavy (non-hydrogen) atoms. The molecule has 2 nitrogen and oxygen atoms in total. The number of nitrogens with one attached hydrogen (secondary N) is 1. The Morgan fingerprint density at radius 2 is 1.68 bits per heavy atom. The summed E-state index contributed by atoms with van der Waals surface area (Å²) in [5, 5.41) is 3.23. The summed E-state index contributed by atoms with van der Waals surface area (Å²) in [7, 11) is 0. The van der Waals surface area contributed by atoms with E-state index in [1.807, 2.05) is 24.3 Å². The summed E-state index contributed by atoms with van der Waals surface area (Å²) in [6.45, 7) is 1.76. The van der Waals surface area contributed by atoms with Crippen LogP contribution in [0.3, 0.4) is 0 Å². The molecule has 0 amide bonds. The molecule has 0 aliphatic carbocycles. The van der Waals surface area contributed by atoms with Crippen molar-refractivity contribution in [2.45, 2.75) is 19.6 Å². The Kier molecular flexibility index (Phi) is 5.07. The Morgan fingerprint density at radius 3 is 2.37 bits per heavy atom. The topological polar surface area (TPSA) is 38.0 Å². The predicted octanol–water partition coefficient (Wildman–Crippen LogP) is 3.34. The molecule has 4 heteroatoms. The van der Waals surface area contributed by atoms with Crippen molar-refractivity contribution in [3.8, 4) is 0 Å². The maximum Gasteiger partial charge on any atom is 0.127 e. The molecule has 0 saturated carbocycles. The lowest BCUT2D eigenvalue weighted by atomic mass is 10.1. The number of hydrogen-bond acceptors (Lipinski definition) is 2. The first-order valence-electron chi connectivity index (χ1n) is 6.11. The number of halogens is 2. The molecule has 0 atom stereocenters. The monoisotopic (exact) mass is 322 g/mol. The zero-order chi connectivity index (χ0) is 13.7. The Balaban J connectivity index is 1.90. The quantitative estimate of drug-likeness (QED) is 0.886. The van der Waals surface area contributed by atoms with Crippen molar-refractivity contribution < 1.29 is 4.39 Å². The van der Waals surface area contributed by atoms with Crippen LogP contribution in [0.4, 0.5) is 4.39 Å². The molecule has 3 N–H and O–H groups in total. The van der Waals surface area contributed by atoms with E-state index in [9.17, 15) is 4.39 Å². The largest absolute Gasteiger partial charge is 0.326 e. The highest BCUT2D eigenvalue weighted by molar-refractivity contribution is 9.10. The molecule has 0 aliphatic rings. The van der Waals surface area contributed by atoms with Crippen LogP contribution in [0.5, 0.6) is 0 Å². The van der Waals surface area contributed by atoms with Crippen molar-refractivity contribution in [2.75, 3.05) is 0 Å². The fourth-order valence-electron chi connectivity index (χ4n) is 1.81. The Morgan fingerprint density at radius 1 is 1.00 bits per heavy atom. The van der Waals surface area contributed by atoms with Gasteiger partial charge in [-0.05, 0) is 29.3 Å². The van der Waals surface area contributed by atoms with E-state index >= 15 is 0 Å². The van der Waals surface area contributed by atoms with Gasteiger partial charge in [0, 0.05) is 29.7 Å². The van der Waals surface area contributed by atoms with E-state index in [-0.39, 0.29) is 5.82 Å². The summed E-state index contributed by atoms with van der Waals surface area (Å²) in [6.07, 6.45) is 0. The van der Waals surface area contributed by atoms with Crippen LogP contribution >= 0.6 is 15.9 Å². The van der Waals surface area contributed by atoms with Crippen LogP contribution in [0, 0.1) is 5.82 Å². The summed E-state index contributed by atoms with van der Waals surface area (Å²) in [4.78, 5) is 0. The third-order valence-electron chi connectivity index (χ3n) is 2.91. The summed E-state index contributed by atoms with van der Waals surface area (Å²) < 4.78 is 14.4. The molecule has 0 spiro atoms. The van der Waals surface area contributed by atoms with Crippen LogP contribution < -0.4 is 11.1 Å². The Labute approximate surface area is 121 Å². The van der Waals surface area contributed by atoms with Gasteiger partial charge in [0.05, 0.1) is 0 Å². The minimum absolute atomic E-state index is 0.186. The van der Waals surface area contributed by atoms with E-state index < -0.39 is 0 Å². The van der Waals surface area contributed by atoms with Gasteiger partial charge in [0.2, 0.25) is 0 Å². The van der Waals surface area contributed by atoms with E-state index in [4.69, 9.17) is 5.73 Å². The minimum Gasteiger partial charge on any atom is -0.326 e. The van der Waals surface area contributed by atoms with Gasteiger partial charge in [-0.25, -0.2) is 4.39 Å². The zero-order valence-corrected chi connectivity index (χ0v) is 12.1. The third-order valence-corrected chi connectivity index (χ3v) is 3.40. The van der Waals surface area contributed by atoms with Crippen LogP contribution in [0.25, 0.3) is 0 Å². The maximum absolute atomic E-state index is 13.5. The Bertz CT molecular complexity index is 540. The van der Waals surface area contributed by atoms with Crippen molar-refractivity contribution in [1.29, 1.82) is 0 Å². The number of benzene rings is 2. The van der Waals surface area contributed by atoms with Crippen molar-refractivity contribution >= 4 is 15.9 Å². The van der Waals surface area contributed by atoms with Crippen molar-refractivity contribution in [3.05, 3.63) is 69.4 Å².